The van der Waals surface area contributed by atoms with Gasteiger partial charge in [0.25, 0.3) is 0 Å². The Morgan fingerprint density at radius 1 is 1.23 bits per heavy atom. The topological polar surface area (TPSA) is 28.6 Å². The Bertz CT molecular complexity index is 740. The highest BCUT2D eigenvalue weighted by Gasteiger charge is 2.30. The van der Waals surface area contributed by atoms with E-state index in [1.165, 1.54) is 29.5 Å². The van der Waals surface area contributed by atoms with Crippen molar-refractivity contribution < 1.29 is 4.74 Å². The van der Waals surface area contributed by atoms with Crippen molar-refractivity contribution >= 4 is 5.82 Å². The molecule has 2 atom stereocenters. The van der Waals surface area contributed by atoms with Crippen molar-refractivity contribution in [3.05, 3.63) is 59.3 Å². The molecule has 0 spiro atoms. The molecule has 1 saturated heterocycles. The zero-order valence-corrected chi connectivity index (χ0v) is 15.9. The number of hydrogen-bond donors (Lipinski definition) is 0. The molecule has 1 aromatic carbocycles. The molecule has 0 saturated carbocycles. The Hall–Kier alpha value is -1.91. The van der Waals surface area contributed by atoms with Gasteiger partial charge in [-0.25, -0.2) is 4.98 Å². The average Bonchev–Trinajstić information content (AvgIpc) is 3.09. The maximum atomic E-state index is 5.65. The van der Waals surface area contributed by atoms with E-state index in [1.54, 1.807) is 0 Å². The molecule has 2 aromatic rings. The molecule has 4 rings (SSSR count). The molecule has 26 heavy (non-hydrogen) atoms. The molecule has 0 N–H and O–H groups in total. The molecule has 4 nitrogen and oxygen atoms in total. The fourth-order valence-corrected chi connectivity index (χ4v) is 4.32. The van der Waals surface area contributed by atoms with E-state index in [-0.39, 0.29) is 0 Å². The maximum absolute atomic E-state index is 5.65. The van der Waals surface area contributed by atoms with Crippen LogP contribution in [0.5, 0.6) is 0 Å². The first-order valence-corrected chi connectivity index (χ1v) is 9.75. The van der Waals surface area contributed by atoms with E-state index in [0.29, 0.717) is 12.0 Å². The summed E-state index contributed by atoms with van der Waals surface area (Å²) in [5.41, 5.74) is 4.29. The molecule has 2 aliphatic rings. The van der Waals surface area contributed by atoms with E-state index in [9.17, 15) is 0 Å². The van der Waals surface area contributed by atoms with Gasteiger partial charge >= 0.3 is 0 Å². The van der Waals surface area contributed by atoms with Crippen molar-refractivity contribution in [2.24, 2.45) is 5.92 Å². The number of hydrogen-bond acceptors (Lipinski definition) is 4. The summed E-state index contributed by atoms with van der Waals surface area (Å²) in [7, 11) is 4.11. The van der Waals surface area contributed by atoms with Crippen LogP contribution < -0.4 is 4.90 Å². The number of aryl methyl sites for hydroxylation is 1. The lowest BCUT2D eigenvalue weighted by atomic mass is 9.93. The smallest absolute Gasteiger partial charge is 0.128 e. The second-order valence-electron chi connectivity index (χ2n) is 7.77. The maximum Gasteiger partial charge on any atom is 0.128 e. The van der Waals surface area contributed by atoms with Crippen molar-refractivity contribution in [2.45, 2.75) is 25.3 Å². The van der Waals surface area contributed by atoms with Crippen LogP contribution in [0.25, 0.3) is 0 Å². The second-order valence-corrected chi connectivity index (χ2v) is 7.77. The Morgan fingerprint density at radius 3 is 2.92 bits per heavy atom. The van der Waals surface area contributed by atoms with Crippen LogP contribution in [-0.2, 0) is 11.2 Å². The molecule has 2 aliphatic heterocycles. The second kappa shape index (κ2) is 7.77. The number of fused-ring (bicyclic) bond motifs is 1. The number of aromatic nitrogens is 1. The minimum Gasteiger partial charge on any atom is -0.381 e. The van der Waals surface area contributed by atoms with Gasteiger partial charge in [0, 0.05) is 33.4 Å². The van der Waals surface area contributed by atoms with Gasteiger partial charge in [-0.15, -0.1) is 0 Å². The summed E-state index contributed by atoms with van der Waals surface area (Å²) in [6.45, 7) is 4.07. The Labute approximate surface area is 156 Å². The molecular formula is C22H29N3O. The van der Waals surface area contributed by atoms with Crippen LogP contribution in [0.2, 0.25) is 0 Å². The van der Waals surface area contributed by atoms with Crippen molar-refractivity contribution in [1.82, 2.24) is 9.88 Å². The van der Waals surface area contributed by atoms with Gasteiger partial charge in [-0.05, 0) is 60.5 Å². The zero-order valence-electron chi connectivity index (χ0n) is 15.9. The van der Waals surface area contributed by atoms with Gasteiger partial charge in [0.2, 0.25) is 0 Å². The van der Waals surface area contributed by atoms with Crippen LogP contribution in [0.3, 0.4) is 0 Å². The van der Waals surface area contributed by atoms with Gasteiger partial charge in [-0.2, -0.15) is 0 Å². The van der Waals surface area contributed by atoms with Gasteiger partial charge < -0.3 is 9.64 Å². The van der Waals surface area contributed by atoms with Crippen molar-refractivity contribution in [2.75, 3.05) is 45.3 Å². The van der Waals surface area contributed by atoms with Crippen LogP contribution >= 0.6 is 0 Å². The van der Waals surface area contributed by atoms with E-state index in [2.05, 4.69) is 65.3 Å². The third-order valence-corrected chi connectivity index (χ3v) is 5.67. The predicted octanol–water partition coefficient (Wildman–Crippen LogP) is 3.52. The lowest BCUT2D eigenvalue weighted by Crippen LogP contribution is -2.34. The minimum atomic E-state index is 0.302. The van der Waals surface area contributed by atoms with E-state index >= 15 is 0 Å². The number of nitrogens with zero attached hydrogens (tertiary/aromatic N) is 3. The molecule has 3 heterocycles. The molecule has 1 fully saturated rings. The molecule has 0 aliphatic carbocycles. The number of benzene rings is 1. The first-order chi connectivity index (χ1) is 12.7. The SMILES string of the molecule is CN(C)c1cc(C2c3ccccc3CCCN2CC2CCOC2)ccn1. The number of ether oxygens (including phenoxy) is 1. The van der Waals surface area contributed by atoms with E-state index in [1.807, 2.05) is 6.20 Å². The average molecular weight is 351 g/mol. The monoisotopic (exact) mass is 351 g/mol. The molecule has 0 radical (unpaired) electrons. The third-order valence-electron chi connectivity index (χ3n) is 5.67. The van der Waals surface area contributed by atoms with Crippen LogP contribution in [0.15, 0.2) is 42.6 Å². The number of anilines is 1. The largest absolute Gasteiger partial charge is 0.381 e. The van der Waals surface area contributed by atoms with Crippen molar-refractivity contribution in [1.29, 1.82) is 0 Å². The normalized spacial score (nSPS) is 23.5. The van der Waals surface area contributed by atoms with Gasteiger partial charge in [0.05, 0.1) is 12.6 Å². The molecular weight excluding hydrogens is 322 g/mol. The van der Waals surface area contributed by atoms with Gasteiger partial charge in [-0.1, -0.05) is 24.3 Å². The first-order valence-electron chi connectivity index (χ1n) is 9.75. The Morgan fingerprint density at radius 2 is 2.12 bits per heavy atom. The van der Waals surface area contributed by atoms with Gasteiger partial charge in [0.15, 0.2) is 0 Å². The quantitative estimate of drug-likeness (QED) is 0.843. The Kier molecular flexibility index (Phi) is 5.23. The molecule has 2 unspecified atom stereocenters. The summed E-state index contributed by atoms with van der Waals surface area (Å²) in [5.74, 6) is 1.67. The summed E-state index contributed by atoms with van der Waals surface area (Å²) in [5, 5.41) is 0. The van der Waals surface area contributed by atoms with Crippen molar-refractivity contribution in [3.8, 4) is 0 Å². The molecule has 138 valence electrons. The fourth-order valence-electron chi connectivity index (χ4n) is 4.32. The lowest BCUT2D eigenvalue weighted by molar-refractivity contribution is 0.155. The predicted molar refractivity (Wildman–Crippen MR) is 106 cm³/mol. The highest BCUT2D eigenvalue weighted by molar-refractivity contribution is 5.45. The summed E-state index contributed by atoms with van der Waals surface area (Å²) >= 11 is 0. The van der Waals surface area contributed by atoms with E-state index < -0.39 is 0 Å². The number of pyridine rings is 1. The standard InChI is InChI=1S/C22H29N3O/c1-24(2)21-14-19(9-11-23-21)22-20-8-4-3-6-18(20)7-5-12-25(22)15-17-10-13-26-16-17/h3-4,6,8-9,11,14,17,22H,5,7,10,12-13,15-16H2,1-2H3. The van der Waals surface area contributed by atoms with Crippen molar-refractivity contribution in [3.63, 3.8) is 0 Å². The van der Waals surface area contributed by atoms with Gasteiger partial charge in [0.1, 0.15) is 5.82 Å². The van der Waals surface area contributed by atoms with Crippen LogP contribution in [0.4, 0.5) is 5.82 Å². The molecule has 0 bridgehead atoms. The lowest BCUT2D eigenvalue weighted by Gasteiger charge is -2.33. The zero-order chi connectivity index (χ0) is 17.9. The summed E-state index contributed by atoms with van der Waals surface area (Å²) in [6.07, 6.45) is 5.52. The molecule has 4 heteroatoms. The third kappa shape index (κ3) is 3.62. The van der Waals surface area contributed by atoms with Crippen LogP contribution in [0, 0.1) is 5.92 Å². The van der Waals surface area contributed by atoms with E-state index in [4.69, 9.17) is 4.74 Å². The first kappa shape index (κ1) is 17.5. The molecule has 1 aromatic heterocycles. The summed E-state index contributed by atoms with van der Waals surface area (Å²) in [4.78, 5) is 9.29. The summed E-state index contributed by atoms with van der Waals surface area (Å²) < 4.78 is 5.65. The van der Waals surface area contributed by atoms with Crippen LogP contribution in [-0.4, -0.2) is 50.3 Å². The fraction of sp³-hybridized carbons (Fsp3) is 0.500. The van der Waals surface area contributed by atoms with E-state index in [0.717, 1.165) is 38.5 Å². The highest BCUT2D eigenvalue weighted by atomic mass is 16.5. The van der Waals surface area contributed by atoms with Gasteiger partial charge in [-0.3, -0.25) is 4.90 Å². The molecule has 0 amide bonds. The van der Waals surface area contributed by atoms with Crippen LogP contribution in [0.1, 0.15) is 35.6 Å². The minimum absolute atomic E-state index is 0.302. The Balaban J connectivity index is 1.74. The summed E-state index contributed by atoms with van der Waals surface area (Å²) in [6, 6.07) is 13.7. The number of rotatable bonds is 4. The highest BCUT2D eigenvalue weighted by Crippen LogP contribution is 2.36.